The highest BCUT2D eigenvalue weighted by Crippen LogP contribution is 2.41. The minimum Gasteiger partial charge on any atom is -0.469 e. The van der Waals surface area contributed by atoms with Crippen molar-refractivity contribution < 1.29 is 14.0 Å². The average Bonchev–Trinajstić information content (AvgIpc) is 2.76. The summed E-state index contributed by atoms with van der Waals surface area (Å²) in [6.45, 7) is 16.5. The van der Waals surface area contributed by atoms with Gasteiger partial charge in [0.2, 0.25) is 0 Å². The first-order valence-electron chi connectivity index (χ1n) is 8.80. The van der Waals surface area contributed by atoms with Crippen LogP contribution in [0.2, 0.25) is 18.1 Å². The third-order valence-electron chi connectivity index (χ3n) is 5.44. The van der Waals surface area contributed by atoms with Gasteiger partial charge >= 0.3 is 5.97 Å². The third kappa shape index (κ3) is 5.75. The lowest BCUT2D eigenvalue weighted by atomic mass is 9.85. The highest BCUT2D eigenvalue weighted by molar-refractivity contribution is 6.74. The summed E-state index contributed by atoms with van der Waals surface area (Å²) in [6, 6.07) is 0. The van der Waals surface area contributed by atoms with Crippen molar-refractivity contribution in [2.75, 3.05) is 13.7 Å². The Morgan fingerprint density at radius 1 is 1.35 bits per heavy atom. The zero-order chi connectivity index (χ0) is 17.9. The van der Waals surface area contributed by atoms with Gasteiger partial charge in [0.1, 0.15) is 0 Å². The van der Waals surface area contributed by atoms with Gasteiger partial charge in [-0.15, -0.1) is 0 Å². The van der Waals surface area contributed by atoms with E-state index in [0.717, 1.165) is 32.3 Å². The molecule has 0 aromatic rings. The van der Waals surface area contributed by atoms with E-state index < -0.39 is 8.32 Å². The van der Waals surface area contributed by atoms with Crippen molar-refractivity contribution >= 4 is 14.3 Å². The lowest BCUT2D eigenvalue weighted by molar-refractivity contribution is -0.144. The number of rotatable bonds is 7. The van der Waals surface area contributed by atoms with Crippen molar-refractivity contribution in [3.05, 3.63) is 11.6 Å². The predicted octanol–water partition coefficient (Wildman–Crippen LogP) is 5.32. The Labute approximate surface area is 144 Å². The molecule has 1 aliphatic carbocycles. The van der Waals surface area contributed by atoms with Crippen molar-refractivity contribution in [2.45, 2.75) is 78.4 Å². The van der Waals surface area contributed by atoms with Crippen LogP contribution in [0.3, 0.4) is 0 Å². The quantitative estimate of drug-likeness (QED) is 0.272. The van der Waals surface area contributed by atoms with Crippen molar-refractivity contribution in [3.63, 3.8) is 0 Å². The first-order chi connectivity index (χ1) is 10.4. The van der Waals surface area contributed by atoms with Gasteiger partial charge in [-0.25, -0.2) is 0 Å². The summed E-state index contributed by atoms with van der Waals surface area (Å²) in [5.41, 5.74) is 1.54. The zero-order valence-electron chi connectivity index (χ0n) is 16.4. The fraction of sp³-hybridized carbons (Fsp3) is 0.842. The van der Waals surface area contributed by atoms with Crippen LogP contribution in [0.25, 0.3) is 0 Å². The summed E-state index contributed by atoms with van der Waals surface area (Å²) in [4.78, 5) is 12.2. The fourth-order valence-electron chi connectivity index (χ4n) is 2.80. The van der Waals surface area contributed by atoms with Crippen molar-refractivity contribution in [1.29, 1.82) is 0 Å². The van der Waals surface area contributed by atoms with Gasteiger partial charge in [-0.3, -0.25) is 4.79 Å². The van der Waals surface area contributed by atoms with Gasteiger partial charge in [0, 0.05) is 6.61 Å². The number of allylic oxidation sites excluding steroid dienone is 1. The summed E-state index contributed by atoms with van der Waals surface area (Å²) in [7, 11) is -0.209. The second-order valence-corrected chi connectivity index (χ2v) is 14.0. The van der Waals surface area contributed by atoms with Gasteiger partial charge in [-0.2, -0.15) is 0 Å². The largest absolute Gasteiger partial charge is 0.469 e. The predicted molar refractivity (Wildman–Crippen MR) is 99.0 cm³/mol. The molecule has 23 heavy (non-hydrogen) atoms. The molecular formula is C19H36O3Si. The highest BCUT2D eigenvalue weighted by Gasteiger charge is 2.37. The molecule has 0 N–H and O–H groups in total. The summed E-state index contributed by atoms with van der Waals surface area (Å²) in [5, 5.41) is 0.229. The lowest BCUT2D eigenvalue weighted by Gasteiger charge is -2.36. The molecule has 1 aliphatic rings. The van der Waals surface area contributed by atoms with Gasteiger partial charge in [0.25, 0.3) is 0 Å². The smallest absolute Gasteiger partial charge is 0.312 e. The van der Waals surface area contributed by atoms with E-state index in [9.17, 15) is 4.79 Å². The SMILES string of the molecule is COC(=O)C(CCCO[Si](C)(C)C(C)(C)C)C1=CCC(C)(C)C1. The van der Waals surface area contributed by atoms with E-state index in [-0.39, 0.29) is 22.3 Å². The number of hydrogen-bond acceptors (Lipinski definition) is 3. The number of carbonyl (C=O) groups excluding carboxylic acids is 1. The maximum absolute atomic E-state index is 12.2. The van der Waals surface area contributed by atoms with Crippen LogP contribution in [0.4, 0.5) is 0 Å². The standard InChI is InChI=1S/C19H36O3Si/c1-18(2,3)23(7,8)22-13-9-10-16(17(20)21-6)15-11-12-19(4,5)14-15/h11,16H,9-10,12-14H2,1-8H3. The Hall–Kier alpha value is -0.613. The van der Waals surface area contributed by atoms with E-state index in [1.54, 1.807) is 0 Å². The monoisotopic (exact) mass is 340 g/mol. The van der Waals surface area contributed by atoms with Crippen LogP contribution in [0, 0.1) is 11.3 Å². The molecule has 4 heteroatoms. The Balaban J connectivity index is 2.56. The molecule has 0 spiro atoms. The zero-order valence-corrected chi connectivity index (χ0v) is 17.4. The average molecular weight is 341 g/mol. The molecule has 1 unspecified atom stereocenters. The van der Waals surface area contributed by atoms with Crippen LogP contribution in [0.5, 0.6) is 0 Å². The number of methoxy groups -OCH3 is 1. The first kappa shape index (κ1) is 20.4. The molecule has 0 aromatic heterocycles. The highest BCUT2D eigenvalue weighted by atomic mass is 28.4. The van der Waals surface area contributed by atoms with Crippen LogP contribution < -0.4 is 0 Å². The van der Waals surface area contributed by atoms with Crippen LogP contribution >= 0.6 is 0 Å². The van der Waals surface area contributed by atoms with Gasteiger partial charge < -0.3 is 9.16 Å². The van der Waals surface area contributed by atoms with E-state index in [1.807, 2.05) is 0 Å². The molecule has 0 saturated carbocycles. The van der Waals surface area contributed by atoms with E-state index in [4.69, 9.17) is 9.16 Å². The molecule has 0 aliphatic heterocycles. The number of esters is 1. The third-order valence-corrected chi connectivity index (χ3v) is 9.98. The van der Waals surface area contributed by atoms with Crippen molar-refractivity contribution in [3.8, 4) is 0 Å². The first-order valence-corrected chi connectivity index (χ1v) is 11.7. The molecule has 134 valence electrons. The van der Waals surface area contributed by atoms with Gasteiger partial charge in [0.15, 0.2) is 8.32 Å². The molecule has 0 aromatic carbocycles. The normalized spacial score (nSPS) is 19.4. The van der Waals surface area contributed by atoms with Crippen molar-refractivity contribution in [2.24, 2.45) is 11.3 Å². The van der Waals surface area contributed by atoms with E-state index in [2.05, 4.69) is 53.8 Å². The lowest BCUT2D eigenvalue weighted by Crippen LogP contribution is -2.41. The summed E-state index contributed by atoms with van der Waals surface area (Å²) >= 11 is 0. The van der Waals surface area contributed by atoms with Crippen LogP contribution in [0.1, 0.15) is 60.3 Å². The van der Waals surface area contributed by atoms with E-state index in [1.165, 1.54) is 12.7 Å². The number of ether oxygens (including phenoxy) is 1. The second-order valence-electron chi connectivity index (χ2n) is 9.15. The second kappa shape index (κ2) is 7.52. The summed E-state index contributed by atoms with van der Waals surface area (Å²) in [6.07, 6.45) is 6.02. The molecule has 0 fully saturated rings. The van der Waals surface area contributed by atoms with Crippen LogP contribution in [-0.2, 0) is 14.0 Å². The molecule has 0 bridgehead atoms. The Kier molecular flexibility index (Phi) is 6.68. The van der Waals surface area contributed by atoms with Gasteiger partial charge in [0.05, 0.1) is 13.0 Å². The number of hydrogen-bond donors (Lipinski definition) is 0. The molecule has 0 radical (unpaired) electrons. The number of carbonyl (C=O) groups is 1. The van der Waals surface area contributed by atoms with E-state index >= 15 is 0 Å². The van der Waals surface area contributed by atoms with Gasteiger partial charge in [-0.1, -0.05) is 46.3 Å². The molecule has 0 amide bonds. The summed E-state index contributed by atoms with van der Waals surface area (Å²) < 4.78 is 11.3. The van der Waals surface area contributed by atoms with Crippen LogP contribution in [-0.4, -0.2) is 28.0 Å². The molecule has 1 rings (SSSR count). The Morgan fingerprint density at radius 3 is 2.39 bits per heavy atom. The topological polar surface area (TPSA) is 35.5 Å². The summed E-state index contributed by atoms with van der Waals surface area (Å²) in [5.74, 6) is -0.189. The maximum Gasteiger partial charge on any atom is 0.312 e. The van der Waals surface area contributed by atoms with Crippen molar-refractivity contribution in [1.82, 2.24) is 0 Å². The van der Waals surface area contributed by atoms with Crippen LogP contribution in [0.15, 0.2) is 11.6 Å². The minimum atomic E-state index is -1.70. The Morgan fingerprint density at radius 2 is 1.96 bits per heavy atom. The molecule has 1 atom stereocenters. The Bertz CT molecular complexity index is 444. The molecule has 0 saturated heterocycles. The van der Waals surface area contributed by atoms with Gasteiger partial charge in [-0.05, 0) is 49.2 Å². The fourth-order valence-corrected chi connectivity index (χ4v) is 3.89. The minimum absolute atomic E-state index is 0.0928. The molecule has 0 heterocycles. The molecular weight excluding hydrogens is 304 g/mol. The molecule has 3 nitrogen and oxygen atoms in total. The van der Waals surface area contributed by atoms with E-state index in [0.29, 0.717) is 0 Å². The maximum atomic E-state index is 12.2.